The maximum atomic E-state index is 11.5. The van der Waals surface area contributed by atoms with Gasteiger partial charge in [0, 0.05) is 56.4 Å². The van der Waals surface area contributed by atoms with Crippen molar-refractivity contribution in [2.24, 2.45) is 0 Å². The Morgan fingerprint density at radius 2 is 1.85 bits per heavy atom. The molecule has 0 unspecified atom stereocenters. The first-order valence-corrected chi connectivity index (χ1v) is 9.23. The van der Waals surface area contributed by atoms with Crippen LogP contribution in [-0.4, -0.2) is 53.5 Å². The van der Waals surface area contributed by atoms with Crippen molar-refractivity contribution in [3.8, 4) is 0 Å². The number of carbonyl (C=O) groups excluding carboxylic acids is 1. The van der Waals surface area contributed by atoms with Gasteiger partial charge in [0.1, 0.15) is 5.82 Å². The molecule has 0 spiro atoms. The van der Waals surface area contributed by atoms with Crippen LogP contribution in [0.2, 0.25) is 5.02 Å². The monoisotopic (exact) mass is 373 g/mol. The normalized spacial score (nSPS) is 14.4. The van der Waals surface area contributed by atoms with Gasteiger partial charge in [0.25, 0.3) is 0 Å². The maximum absolute atomic E-state index is 11.5. The van der Waals surface area contributed by atoms with Crippen molar-refractivity contribution in [1.82, 2.24) is 14.9 Å². The van der Waals surface area contributed by atoms with Gasteiger partial charge in [0.05, 0.1) is 0 Å². The number of benzene rings is 1. The number of rotatable bonds is 5. The molecule has 6 nitrogen and oxygen atoms in total. The van der Waals surface area contributed by atoms with Gasteiger partial charge in [-0.05, 0) is 31.0 Å². The van der Waals surface area contributed by atoms with Gasteiger partial charge in [-0.15, -0.1) is 0 Å². The van der Waals surface area contributed by atoms with Gasteiger partial charge >= 0.3 is 0 Å². The number of halogens is 1. The number of aryl methyl sites for hydroxylation is 1. The molecule has 3 rings (SSSR count). The number of carbonyl (C=O) groups is 1. The summed E-state index contributed by atoms with van der Waals surface area (Å²) in [6.07, 6.45) is 0.896. The summed E-state index contributed by atoms with van der Waals surface area (Å²) in [6, 6.07) is 9.84. The van der Waals surface area contributed by atoms with E-state index < -0.39 is 0 Å². The molecule has 138 valence electrons. The summed E-state index contributed by atoms with van der Waals surface area (Å²) in [5, 5.41) is 4.13. The van der Waals surface area contributed by atoms with Crippen LogP contribution in [0.1, 0.15) is 18.2 Å². The highest BCUT2D eigenvalue weighted by Crippen LogP contribution is 2.16. The molecule has 1 saturated heterocycles. The lowest BCUT2D eigenvalue weighted by Gasteiger charge is -2.34. The number of aromatic nitrogens is 2. The standard InChI is InChI=1S/C19H24ClN5O/c1-14-13-18(21-8-7-16-3-5-17(20)6-4-16)23-19(22-14)25-11-9-24(10-12-25)15(2)26/h3-6,13H,7-12H2,1-2H3,(H,21,22,23). The zero-order chi connectivity index (χ0) is 18.5. The predicted octanol–water partition coefficient (Wildman–Crippen LogP) is 2.76. The summed E-state index contributed by atoms with van der Waals surface area (Å²) in [4.78, 5) is 24.7. The van der Waals surface area contributed by atoms with Crippen LogP contribution in [-0.2, 0) is 11.2 Å². The van der Waals surface area contributed by atoms with Crippen LogP contribution in [0.25, 0.3) is 0 Å². The first-order chi connectivity index (χ1) is 12.5. The van der Waals surface area contributed by atoms with Crippen LogP contribution in [0, 0.1) is 6.92 Å². The third kappa shape index (κ3) is 4.85. The van der Waals surface area contributed by atoms with E-state index in [1.807, 2.05) is 42.2 Å². The maximum Gasteiger partial charge on any atom is 0.227 e. The summed E-state index contributed by atoms with van der Waals surface area (Å²) < 4.78 is 0. The summed E-state index contributed by atoms with van der Waals surface area (Å²) in [5.41, 5.74) is 2.16. The van der Waals surface area contributed by atoms with E-state index >= 15 is 0 Å². The van der Waals surface area contributed by atoms with Crippen molar-refractivity contribution in [2.45, 2.75) is 20.3 Å². The Kier molecular flexibility index (Phi) is 5.93. The Morgan fingerprint density at radius 1 is 1.15 bits per heavy atom. The van der Waals surface area contributed by atoms with Crippen LogP contribution < -0.4 is 10.2 Å². The average Bonchev–Trinajstić information content (AvgIpc) is 2.63. The molecule has 0 radical (unpaired) electrons. The Bertz CT molecular complexity index is 757. The molecule has 1 N–H and O–H groups in total. The summed E-state index contributed by atoms with van der Waals surface area (Å²) >= 11 is 5.92. The molecule has 26 heavy (non-hydrogen) atoms. The second-order valence-corrected chi connectivity index (χ2v) is 6.93. The van der Waals surface area contributed by atoms with E-state index in [0.29, 0.717) is 13.1 Å². The van der Waals surface area contributed by atoms with E-state index in [2.05, 4.69) is 20.2 Å². The van der Waals surface area contributed by atoms with Crippen LogP contribution in [0.4, 0.5) is 11.8 Å². The molecule has 1 aliphatic heterocycles. The second-order valence-electron chi connectivity index (χ2n) is 6.49. The van der Waals surface area contributed by atoms with Gasteiger partial charge in [-0.1, -0.05) is 23.7 Å². The Morgan fingerprint density at radius 3 is 2.50 bits per heavy atom. The third-order valence-electron chi connectivity index (χ3n) is 4.48. The highest BCUT2D eigenvalue weighted by Gasteiger charge is 2.20. The second kappa shape index (κ2) is 8.36. The number of nitrogens with zero attached hydrogens (tertiary/aromatic N) is 4. The van der Waals surface area contributed by atoms with Crippen LogP contribution in [0.5, 0.6) is 0 Å². The molecule has 2 heterocycles. The van der Waals surface area contributed by atoms with E-state index in [1.54, 1.807) is 6.92 Å². The molecule has 1 fully saturated rings. The number of anilines is 2. The number of hydrogen-bond acceptors (Lipinski definition) is 5. The molecular formula is C19H24ClN5O. The number of nitrogens with one attached hydrogen (secondary N) is 1. The molecule has 0 aliphatic carbocycles. The molecule has 7 heteroatoms. The lowest BCUT2D eigenvalue weighted by atomic mass is 10.1. The van der Waals surface area contributed by atoms with Gasteiger partial charge in [0.2, 0.25) is 11.9 Å². The topological polar surface area (TPSA) is 61.4 Å². The van der Waals surface area contributed by atoms with Crippen molar-refractivity contribution >= 4 is 29.3 Å². The van der Waals surface area contributed by atoms with Gasteiger partial charge in [-0.3, -0.25) is 4.79 Å². The van der Waals surface area contributed by atoms with E-state index in [4.69, 9.17) is 11.6 Å². The van der Waals surface area contributed by atoms with Crippen molar-refractivity contribution in [3.05, 3.63) is 46.6 Å². The van der Waals surface area contributed by atoms with Crippen molar-refractivity contribution in [3.63, 3.8) is 0 Å². The summed E-state index contributed by atoms with van der Waals surface area (Å²) in [6.45, 7) is 7.32. The lowest BCUT2D eigenvalue weighted by Crippen LogP contribution is -2.48. The van der Waals surface area contributed by atoms with Crippen molar-refractivity contribution in [2.75, 3.05) is 42.9 Å². The Labute approximate surface area is 159 Å². The van der Waals surface area contributed by atoms with Gasteiger partial charge in [0.15, 0.2) is 0 Å². The van der Waals surface area contributed by atoms with E-state index in [0.717, 1.165) is 48.5 Å². The van der Waals surface area contributed by atoms with Crippen LogP contribution in [0.15, 0.2) is 30.3 Å². The van der Waals surface area contributed by atoms with E-state index in [9.17, 15) is 4.79 Å². The van der Waals surface area contributed by atoms with Gasteiger partial charge in [-0.2, -0.15) is 4.98 Å². The highest BCUT2D eigenvalue weighted by molar-refractivity contribution is 6.30. The number of piperazine rings is 1. The largest absolute Gasteiger partial charge is 0.370 e. The fourth-order valence-corrected chi connectivity index (χ4v) is 3.12. The SMILES string of the molecule is CC(=O)N1CCN(c2nc(C)cc(NCCc3ccc(Cl)cc3)n2)CC1. The van der Waals surface area contributed by atoms with Crippen molar-refractivity contribution < 1.29 is 4.79 Å². The van der Waals surface area contributed by atoms with Crippen LogP contribution >= 0.6 is 11.6 Å². The molecule has 0 saturated carbocycles. The molecule has 0 atom stereocenters. The van der Waals surface area contributed by atoms with Crippen LogP contribution in [0.3, 0.4) is 0 Å². The van der Waals surface area contributed by atoms with E-state index in [1.165, 1.54) is 5.56 Å². The smallest absolute Gasteiger partial charge is 0.227 e. The molecule has 0 bridgehead atoms. The van der Waals surface area contributed by atoms with E-state index in [-0.39, 0.29) is 5.91 Å². The predicted molar refractivity (Wildman–Crippen MR) is 105 cm³/mol. The molecule has 2 aromatic rings. The quantitative estimate of drug-likeness (QED) is 0.873. The summed E-state index contributed by atoms with van der Waals surface area (Å²) in [5.74, 6) is 1.68. The fourth-order valence-electron chi connectivity index (χ4n) is 2.99. The summed E-state index contributed by atoms with van der Waals surface area (Å²) in [7, 11) is 0. The third-order valence-corrected chi connectivity index (χ3v) is 4.74. The first kappa shape index (κ1) is 18.5. The zero-order valence-electron chi connectivity index (χ0n) is 15.2. The molecular weight excluding hydrogens is 350 g/mol. The zero-order valence-corrected chi connectivity index (χ0v) is 16.0. The molecule has 1 aliphatic rings. The minimum atomic E-state index is 0.124. The van der Waals surface area contributed by atoms with Crippen molar-refractivity contribution in [1.29, 1.82) is 0 Å². The Hall–Kier alpha value is -2.34. The molecule has 1 aromatic heterocycles. The first-order valence-electron chi connectivity index (χ1n) is 8.86. The lowest BCUT2D eigenvalue weighted by molar-refractivity contribution is -0.129. The van der Waals surface area contributed by atoms with Gasteiger partial charge < -0.3 is 15.1 Å². The Balaban J connectivity index is 1.59. The number of amides is 1. The molecule has 1 amide bonds. The highest BCUT2D eigenvalue weighted by atomic mass is 35.5. The fraction of sp³-hybridized carbons (Fsp3) is 0.421. The number of hydrogen-bond donors (Lipinski definition) is 1. The minimum Gasteiger partial charge on any atom is -0.370 e. The molecule has 1 aromatic carbocycles. The average molecular weight is 374 g/mol. The minimum absolute atomic E-state index is 0.124. The van der Waals surface area contributed by atoms with Gasteiger partial charge in [-0.25, -0.2) is 4.98 Å².